The first-order valence-electron chi connectivity index (χ1n) is 9.59. The van der Waals surface area contributed by atoms with E-state index >= 15 is 0 Å². The highest BCUT2D eigenvalue weighted by Gasteiger charge is 2.22. The molecule has 26 heavy (non-hydrogen) atoms. The quantitative estimate of drug-likeness (QED) is 0.853. The molecule has 1 aliphatic heterocycles. The molecule has 2 aromatic rings. The van der Waals surface area contributed by atoms with Gasteiger partial charge in [0.1, 0.15) is 11.5 Å². The van der Waals surface area contributed by atoms with Gasteiger partial charge in [0.15, 0.2) is 0 Å². The van der Waals surface area contributed by atoms with E-state index < -0.39 is 0 Å². The van der Waals surface area contributed by atoms with Crippen LogP contribution in [-0.2, 0) is 0 Å². The molecule has 1 unspecified atom stereocenters. The van der Waals surface area contributed by atoms with E-state index in [9.17, 15) is 4.79 Å². The van der Waals surface area contributed by atoms with Crippen LogP contribution in [-0.4, -0.2) is 28.5 Å². The van der Waals surface area contributed by atoms with Crippen LogP contribution in [0.5, 0.6) is 0 Å². The van der Waals surface area contributed by atoms with Gasteiger partial charge in [-0.15, -0.1) is 0 Å². The Morgan fingerprint density at radius 2 is 2.04 bits per heavy atom. The zero-order valence-electron chi connectivity index (χ0n) is 15.9. The van der Waals surface area contributed by atoms with Crippen molar-refractivity contribution in [2.45, 2.75) is 58.4 Å². The summed E-state index contributed by atoms with van der Waals surface area (Å²) >= 11 is 0. The summed E-state index contributed by atoms with van der Waals surface area (Å²) in [7, 11) is 0. The minimum atomic E-state index is -0.220. The van der Waals surface area contributed by atoms with Gasteiger partial charge in [0, 0.05) is 18.3 Å². The van der Waals surface area contributed by atoms with Crippen LogP contribution in [0.25, 0.3) is 0 Å². The third-order valence-corrected chi connectivity index (χ3v) is 5.09. The number of nitrogens with one attached hydrogen (secondary N) is 1. The molecular formula is C21H28N4O. The zero-order valence-corrected chi connectivity index (χ0v) is 15.9. The zero-order chi connectivity index (χ0) is 18.5. The van der Waals surface area contributed by atoms with Gasteiger partial charge in [-0.05, 0) is 43.2 Å². The standard InChI is InChI=1S/C21H28N4O/c1-4-16-9-7-8-12-25(16)20-14-22-19(13-23-20)21(26)24-18-11-6-5-10-17(18)15(2)3/h5-6,10-11,13-16H,4,7-9,12H2,1-3H3,(H,24,26). The van der Waals surface area contributed by atoms with Crippen LogP contribution in [0, 0.1) is 0 Å². The first kappa shape index (κ1) is 18.4. The number of carbonyl (C=O) groups is 1. The second kappa shape index (κ2) is 8.30. The third kappa shape index (κ3) is 4.03. The first-order valence-corrected chi connectivity index (χ1v) is 9.59. The molecule has 1 saturated heterocycles. The van der Waals surface area contributed by atoms with Gasteiger partial charge in [-0.1, -0.05) is 39.0 Å². The minimum absolute atomic E-state index is 0.220. The molecular weight excluding hydrogens is 324 g/mol. The highest BCUT2D eigenvalue weighted by molar-refractivity contribution is 6.03. The Morgan fingerprint density at radius 3 is 2.73 bits per heavy atom. The van der Waals surface area contributed by atoms with E-state index in [-0.39, 0.29) is 5.91 Å². The van der Waals surface area contributed by atoms with E-state index in [0.717, 1.165) is 30.0 Å². The number of para-hydroxylation sites is 1. The maximum Gasteiger partial charge on any atom is 0.275 e. The molecule has 1 aromatic carbocycles. The predicted molar refractivity (Wildman–Crippen MR) is 106 cm³/mol. The number of hydrogen-bond acceptors (Lipinski definition) is 4. The summed E-state index contributed by atoms with van der Waals surface area (Å²) in [5.41, 5.74) is 2.29. The van der Waals surface area contributed by atoms with Crippen LogP contribution in [0.2, 0.25) is 0 Å². The molecule has 5 heteroatoms. The van der Waals surface area contributed by atoms with Crippen LogP contribution in [0.3, 0.4) is 0 Å². The monoisotopic (exact) mass is 352 g/mol. The van der Waals surface area contributed by atoms with E-state index in [4.69, 9.17) is 0 Å². The molecule has 3 rings (SSSR count). The fraction of sp³-hybridized carbons (Fsp3) is 0.476. The number of aromatic nitrogens is 2. The van der Waals surface area contributed by atoms with Crippen molar-refractivity contribution in [3.05, 3.63) is 47.9 Å². The van der Waals surface area contributed by atoms with E-state index in [1.807, 2.05) is 24.3 Å². The van der Waals surface area contributed by atoms with E-state index in [1.54, 1.807) is 12.4 Å². The van der Waals surface area contributed by atoms with Gasteiger partial charge in [0.2, 0.25) is 0 Å². The van der Waals surface area contributed by atoms with Crippen molar-refractivity contribution in [3.63, 3.8) is 0 Å². The number of rotatable bonds is 5. The highest BCUT2D eigenvalue weighted by atomic mass is 16.1. The summed E-state index contributed by atoms with van der Waals surface area (Å²) in [5, 5.41) is 2.97. The van der Waals surface area contributed by atoms with Crippen molar-refractivity contribution < 1.29 is 4.79 Å². The lowest BCUT2D eigenvalue weighted by Crippen LogP contribution is -2.39. The Bertz CT molecular complexity index is 742. The molecule has 0 saturated carbocycles. The van der Waals surface area contributed by atoms with E-state index in [1.165, 1.54) is 19.3 Å². The van der Waals surface area contributed by atoms with Gasteiger partial charge >= 0.3 is 0 Å². The number of benzene rings is 1. The van der Waals surface area contributed by atoms with Gasteiger partial charge in [0.25, 0.3) is 5.91 Å². The molecule has 0 bridgehead atoms. The highest BCUT2D eigenvalue weighted by Crippen LogP contribution is 2.25. The van der Waals surface area contributed by atoms with Crippen molar-refractivity contribution >= 4 is 17.4 Å². The van der Waals surface area contributed by atoms with Gasteiger partial charge < -0.3 is 10.2 Å². The molecule has 1 aliphatic rings. The average Bonchev–Trinajstić information content (AvgIpc) is 2.68. The number of nitrogens with zero attached hydrogens (tertiary/aromatic N) is 3. The molecule has 1 amide bonds. The topological polar surface area (TPSA) is 58.1 Å². The Morgan fingerprint density at radius 1 is 1.23 bits per heavy atom. The van der Waals surface area contributed by atoms with Crippen LogP contribution < -0.4 is 10.2 Å². The van der Waals surface area contributed by atoms with Gasteiger partial charge in [0.05, 0.1) is 12.4 Å². The maximum absolute atomic E-state index is 12.6. The normalized spacial score (nSPS) is 17.4. The molecule has 1 fully saturated rings. The Kier molecular flexibility index (Phi) is 5.86. The lowest BCUT2D eigenvalue weighted by atomic mass is 10.0. The fourth-order valence-electron chi connectivity index (χ4n) is 3.61. The Balaban J connectivity index is 1.73. The van der Waals surface area contributed by atoms with Crippen molar-refractivity contribution in [1.29, 1.82) is 0 Å². The molecule has 1 aromatic heterocycles. The fourth-order valence-corrected chi connectivity index (χ4v) is 3.61. The number of hydrogen-bond donors (Lipinski definition) is 1. The number of piperidine rings is 1. The summed E-state index contributed by atoms with van der Waals surface area (Å²) in [5.74, 6) is 0.989. The molecule has 0 radical (unpaired) electrons. The largest absolute Gasteiger partial charge is 0.352 e. The molecule has 0 spiro atoms. The first-order chi connectivity index (χ1) is 12.6. The average molecular weight is 352 g/mol. The van der Waals surface area contributed by atoms with Gasteiger partial charge in [-0.3, -0.25) is 4.79 Å². The molecule has 2 heterocycles. The van der Waals surface area contributed by atoms with E-state index in [0.29, 0.717) is 17.7 Å². The molecule has 138 valence electrons. The van der Waals surface area contributed by atoms with Crippen LogP contribution in [0.15, 0.2) is 36.7 Å². The second-order valence-corrected chi connectivity index (χ2v) is 7.21. The van der Waals surface area contributed by atoms with E-state index in [2.05, 4.69) is 41.0 Å². The lowest BCUT2D eigenvalue weighted by molar-refractivity contribution is 0.102. The predicted octanol–water partition coefficient (Wildman–Crippen LogP) is 4.62. The summed E-state index contributed by atoms with van der Waals surface area (Å²) in [6, 6.07) is 8.40. The SMILES string of the molecule is CCC1CCCCN1c1cnc(C(=O)Nc2ccccc2C(C)C)cn1. The Labute approximate surface area is 155 Å². The summed E-state index contributed by atoms with van der Waals surface area (Å²) in [6.45, 7) is 7.45. The molecule has 1 N–H and O–H groups in total. The number of carbonyl (C=O) groups excluding carboxylic acids is 1. The van der Waals surface area contributed by atoms with Crippen molar-refractivity contribution in [2.75, 3.05) is 16.8 Å². The van der Waals surface area contributed by atoms with Gasteiger partial charge in [-0.2, -0.15) is 0 Å². The van der Waals surface area contributed by atoms with Crippen molar-refractivity contribution in [2.24, 2.45) is 0 Å². The molecule has 5 nitrogen and oxygen atoms in total. The smallest absolute Gasteiger partial charge is 0.275 e. The Hall–Kier alpha value is -2.43. The third-order valence-electron chi connectivity index (χ3n) is 5.09. The number of anilines is 2. The maximum atomic E-state index is 12.6. The van der Waals surface area contributed by atoms with Crippen LogP contribution >= 0.6 is 0 Å². The number of amides is 1. The second-order valence-electron chi connectivity index (χ2n) is 7.21. The van der Waals surface area contributed by atoms with Crippen LogP contribution in [0.1, 0.15) is 68.4 Å². The van der Waals surface area contributed by atoms with Gasteiger partial charge in [-0.25, -0.2) is 9.97 Å². The summed E-state index contributed by atoms with van der Waals surface area (Å²) < 4.78 is 0. The lowest BCUT2D eigenvalue weighted by Gasteiger charge is -2.35. The van der Waals surface area contributed by atoms with Crippen LogP contribution in [0.4, 0.5) is 11.5 Å². The minimum Gasteiger partial charge on any atom is -0.352 e. The summed E-state index contributed by atoms with van der Waals surface area (Å²) in [4.78, 5) is 23.8. The summed E-state index contributed by atoms with van der Waals surface area (Å²) in [6.07, 6.45) is 8.09. The van der Waals surface area contributed by atoms with Crippen molar-refractivity contribution in [1.82, 2.24) is 9.97 Å². The van der Waals surface area contributed by atoms with Crippen molar-refractivity contribution in [3.8, 4) is 0 Å². The molecule has 1 atom stereocenters. The molecule has 0 aliphatic carbocycles.